The third-order valence-corrected chi connectivity index (χ3v) is 7.58. The first-order chi connectivity index (χ1) is 13.2. The summed E-state index contributed by atoms with van der Waals surface area (Å²) in [6, 6.07) is 0.255. The van der Waals surface area contributed by atoms with Crippen LogP contribution in [0.25, 0.3) is 0 Å². The molecule has 0 aliphatic rings. The van der Waals surface area contributed by atoms with E-state index in [2.05, 4.69) is 111 Å². The first-order valence-corrected chi connectivity index (χ1v) is 11.7. The maximum absolute atomic E-state index is 6.09. The van der Waals surface area contributed by atoms with Crippen molar-refractivity contribution < 1.29 is 0 Å². The monoisotopic (exact) mass is 404 g/mol. The van der Waals surface area contributed by atoms with Crippen LogP contribution < -0.4 is 5.73 Å². The fraction of sp³-hybridized carbons (Fsp3) is 0.778. The number of hydrogen-bond acceptors (Lipinski definition) is 2. The fourth-order valence-corrected chi connectivity index (χ4v) is 3.80. The van der Waals surface area contributed by atoms with Crippen molar-refractivity contribution in [3.05, 3.63) is 36.0 Å². The van der Waals surface area contributed by atoms with Crippen LogP contribution in [0, 0.1) is 16.7 Å². The molecule has 0 fully saturated rings. The first kappa shape index (κ1) is 28.1. The first-order valence-electron chi connectivity index (χ1n) is 11.7. The molecule has 2 unspecified atom stereocenters. The zero-order chi connectivity index (χ0) is 22.9. The Morgan fingerprint density at radius 2 is 1.59 bits per heavy atom. The average molecular weight is 405 g/mol. The number of allylic oxidation sites excluding steroid dienone is 6. The molecule has 0 heterocycles. The van der Waals surface area contributed by atoms with Gasteiger partial charge in [-0.3, -0.25) is 4.90 Å². The minimum atomic E-state index is 0.183. The number of hydrogen-bond donors (Lipinski definition) is 1. The smallest absolute Gasteiger partial charge is 0.0150 e. The molecule has 0 amide bonds. The van der Waals surface area contributed by atoms with Gasteiger partial charge in [0, 0.05) is 24.7 Å². The van der Waals surface area contributed by atoms with Gasteiger partial charge >= 0.3 is 0 Å². The van der Waals surface area contributed by atoms with Gasteiger partial charge in [0.2, 0.25) is 0 Å². The Balaban J connectivity index is 5.59. The largest absolute Gasteiger partial charge is 0.328 e. The average Bonchev–Trinajstić information content (AvgIpc) is 2.62. The van der Waals surface area contributed by atoms with E-state index in [4.69, 9.17) is 5.73 Å². The highest BCUT2D eigenvalue weighted by Crippen LogP contribution is 2.49. The van der Waals surface area contributed by atoms with Crippen LogP contribution in [0.2, 0.25) is 0 Å². The fourth-order valence-electron chi connectivity index (χ4n) is 3.80. The van der Waals surface area contributed by atoms with Gasteiger partial charge in [-0.25, -0.2) is 0 Å². The molecule has 0 spiro atoms. The van der Waals surface area contributed by atoms with Gasteiger partial charge in [0.1, 0.15) is 0 Å². The number of nitrogens with two attached hydrogens (primary N) is 1. The topological polar surface area (TPSA) is 29.3 Å². The van der Waals surface area contributed by atoms with E-state index in [1.807, 2.05) is 0 Å². The van der Waals surface area contributed by atoms with Gasteiger partial charge in [-0.1, -0.05) is 71.9 Å². The van der Waals surface area contributed by atoms with Crippen LogP contribution in [0.5, 0.6) is 0 Å². The van der Waals surface area contributed by atoms with Gasteiger partial charge in [0.05, 0.1) is 0 Å². The molecule has 0 rings (SSSR count). The summed E-state index contributed by atoms with van der Waals surface area (Å²) in [5.41, 5.74) is 8.07. The molecule has 2 atom stereocenters. The Kier molecular flexibility index (Phi) is 11.7. The predicted octanol–water partition coefficient (Wildman–Crippen LogP) is 7.37. The molecule has 0 aliphatic carbocycles. The molecule has 0 aromatic rings. The maximum atomic E-state index is 6.09. The summed E-state index contributed by atoms with van der Waals surface area (Å²) >= 11 is 0. The van der Waals surface area contributed by atoms with Gasteiger partial charge in [0.25, 0.3) is 0 Å². The SMILES string of the molecule is C\C=C/C=C(\C=C/C)CC(C)(C)C(C)(C)C(C)CN(CCC(C)N)C(C)(C)CC. The van der Waals surface area contributed by atoms with E-state index in [-0.39, 0.29) is 22.4 Å². The lowest BCUT2D eigenvalue weighted by atomic mass is 9.59. The molecule has 0 bridgehead atoms. The van der Waals surface area contributed by atoms with E-state index >= 15 is 0 Å². The van der Waals surface area contributed by atoms with Crippen LogP contribution >= 0.6 is 0 Å². The molecular formula is C27H52N2. The summed E-state index contributed by atoms with van der Waals surface area (Å²) in [6.45, 7) is 27.8. The molecular weight excluding hydrogens is 352 g/mol. The zero-order valence-corrected chi connectivity index (χ0v) is 21.6. The summed E-state index contributed by atoms with van der Waals surface area (Å²) in [7, 11) is 0. The second-order valence-corrected chi connectivity index (χ2v) is 10.8. The zero-order valence-electron chi connectivity index (χ0n) is 21.6. The second-order valence-electron chi connectivity index (χ2n) is 10.8. The van der Waals surface area contributed by atoms with E-state index in [1.165, 1.54) is 5.57 Å². The second kappa shape index (κ2) is 12.1. The van der Waals surface area contributed by atoms with Crippen LogP contribution in [0.1, 0.15) is 95.4 Å². The molecule has 0 saturated carbocycles. The van der Waals surface area contributed by atoms with Crippen LogP contribution in [-0.4, -0.2) is 29.6 Å². The number of rotatable bonds is 13. The highest BCUT2D eigenvalue weighted by molar-refractivity contribution is 5.25. The summed E-state index contributed by atoms with van der Waals surface area (Å²) in [6.07, 6.45) is 14.2. The van der Waals surface area contributed by atoms with Crippen molar-refractivity contribution in [3.8, 4) is 0 Å². The van der Waals surface area contributed by atoms with E-state index in [0.717, 1.165) is 32.4 Å². The van der Waals surface area contributed by atoms with Crippen molar-refractivity contribution in [2.75, 3.05) is 13.1 Å². The van der Waals surface area contributed by atoms with Crippen molar-refractivity contribution in [1.82, 2.24) is 4.90 Å². The van der Waals surface area contributed by atoms with Crippen molar-refractivity contribution in [2.45, 2.75) is 107 Å². The maximum Gasteiger partial charge on any atom is 0.0150 e. The molecule has 0 radical (unpaired) electrons. The highest BCUT2D eigenvalue weighted by Gasteiger charge is 2.42. The lowest BCUT2D eigenvalue weighted by Crippen LogP contribution is -2.50. The molecule has 2 heteroatoms. The summed E-state index contributed by atoms with van der Waals surface area (Å²) in [5, 5.41) is 0. The Labute approximate surface area is 183 Å². The van der Waals surface area contributed by atoms with Crippen molar-refractivity contribution >= 4 is 0 Å². The lowest BCUT2D eigenvalue weighted by Gasteiger charge is -2.50. The Morgan fingerprint density at radius 1 is 1.00 bits per heavy atom. The van der Waals surface area contributed by atoms with Crippen molar-refractivity contribution in [1.29, 1.82) is 0 Å². The van der Waals surface area contributed by atoms with Crippen LogP contribution in [0.4, 0.5) is 0 Å². The molecule has 2 nitrogen and oxygen atoms in total. The van der Waals surface area contributed by atoms with E-state index in [9.17, 15) is 0 Å². The predicted molar refractivity (Wildman–Crippen MR) is 133 cm³/mol. The molecule has 0 aliphatic heterocycles. The standard InChI is InChI=1S/C27H52N2/c1-12-15-17-24(16-13-2)20-25(6,7)27(10,11)22(4)21-29(19-18-23(5)28)26(8,9)14-3/h12-13,15-17,22-23H,14,18-21,28H2,1-11H3/b15-12-,16-13-,24-17+. The molecule has 0 saturated heterocycles. The Bertz CT molecular complexity index is 547. The lowest BCUT2D eigenvalue weighted by molar-refractivity contribution is 0.00252. The third kappa shape index (κ3) is 8.80. The van der Waals surface area contributed by atoms with E-state index in [1.54, 1.807) is 0 Å². The van der Waals surface area contributed by atoms with Gasteiger partial charge in [-0.15, -0.1) is 0 Å². The highest BCUT2D eigenvalue weighted by atomic mass is 15.2. The molecule has 2 N–H and O–H groups in total. The van der Waals surface area contributed by atoms with Crippen molar-refractivity contribution in [2.24, 2.45) is 22.5 Å². The minimum absolute atomic E-state index is 0.183. The van der Waals surface area contributed by atoms with Gasteiger partial charge in [0.15, 0.2) is 0 Å². The normalized spacial score (nSPS) is 16.9. The number of nitrogens with zero attached hydrogens (tertiary/aromatic N) is 1. The van der Waals surface area contributed by atoms with Gasteiger partial charge in [-0.2, -0.15) is 0 Å². The van der Waals surface area contributed by atoms with Crippen LogP contribution in [-0.2, 0) is 0 Å². The molecule has 170 valence electrons. The summed E-state index contributed by atoms with van der Waals surface area (Å²) in [4.78, 5) is 2.68. The third-order valence-electron chi connectivity index (χ3n) is 7.58. The Morgan fingerprint density at radius 3 is 2.03 bits per heavy atom. The van der Waals surface area contributed by atoms with E-state index < -0.39 is 0 Å². The molecule has 0 aromatic heterocycles. The molecule has 0 aromatic carbocycles. The van der Waals surface area contributed by atoms with Crippen LogP contribution in [0.3, 0.4) is 0 Å². The Hall–Kier alpha value is -0.860. The quantitative estimate of drug-likeness (QED) is 0.325. The summed E-state index contributed by atoms with van der Waals surface area (Å²) in [5.74, 6) is 0.574. The van der Waals surface area contributed by atoms with Gasteiger partial charge in [-0.05, 0) is 76.2 Å². The van der Waals surface area contributed by atoms with Crippen LogP contribution in [0.15, 0.2) is 36.0 Å². The summed E-state index contributed by atoms with van der Waals surface area (Å²) < 4.78 is 0. The van der Waals surface area contributed by atoms with E-state index in [0.29, 0.717) is 5.92 Å². The van der Waals surface area contributed by atoms with Gasteiger partial charge < -0.3 is 5.73 Å². The minimum Gasteiger partial charge on any atom is -0.328 e. The molecule has 29 heavy (non-hydrogen) atoms. The van der Waals surface area contributed by atoms with Crippen molar-refractivity contribution in [3.63, 3.8) is 0 Å².